The van der Waals surface area contributed by atoms with Gasteiger partial charge in [-0.3, -0.25) is 14.6 Å². The molecule has 1 aromatic carbocycles. The molecule has 5 rings (SSSR count). The van der Waals surface area contributed by atoms with Crippen LogP contribution >= 0.6 is 11.6 Å². The number of H-pyrrole nitrogens is 1. The number of halogens is 1. The van der Waals surface area contributed by atoms with Crippen molar-refractivity contribution >= 4 is 34.2 Å². The summed E-state index contributed by atoms with van der Waals surface area (Å²) in [7, 11) is 0. The first-order valence-corrected chi connectivity index (χ1v) is 12.5. The van der Waals surface area contributed by atoms with Crippen LogP contribution in [0.2, 0.25) is 5.02 Å². The highest BCUT2D eigenvalue weighted by atomic mass is 35.5. The zero-order chi connectivity index (χ0) is 24.2. The molecular weight excluding hydrogens is 448 g/mol. The molecule has 2 aliphatic rings. The van der Waals surface area contributed by atoms with Gasteiger partial charge in [0.25, 0.3) is 0 Å². The number of nitrogens with one attached hydrogen (secondary N) is 1. The average Bonchev–Trinajstić information content (AvgIpc) is 3.51. The summed E-state index contributed by atoms with van der Waals surface area (Å²) >= 11 is 7.00. The number of aryl methyl sites for hydroxylation is 1. The van der Waals surface area contributed by atoms with Crippen molar-refractivity contribution in [2.45, 2.75) is 65.0 Å². The minimum Gasteiger partial charge on any atom is -0.350 e. The number of fused-ring (bicyclic) bond motifs is 1. The minimum atomic E-state index is 0.00437. The maximum absolute atomic E-state index is 12.1. The summed E-state index contributed by atoms with van der Waals surface area (Å²) in [5, 5.41) is 14.5. The van der Waals surface area contributed by atoms with Crippen LogP contribution < -0.4 is 4.90 Å². The molecule has 1 amide bonds. The van der Waals surface area contributed by atoms with Gasteiger partial charge in [0.05, 0.1) is 22.8 Å². The Labute approximate surface area is 205 Å². The van der Waals surface area contributed by atoms with Crippen LogP contribution in [-0.2, 0) is 4.79 Å². The monoisotopic (exact) mass is 480 g/mol. The molecule has 1 N–H and O–H groups in total. The van der Waals surface area contributed by atoms with E-state index in [0.29, 0.717) is 13.1 Å². The van der Waals surface area contributed by atoms with E-state index in [4.69, 9.17) is 16.7 Å². The quantitative estimate of drug-likeness (QED) is 0.506. The van der Waals surface area contributed by atoms with Crippen LogP contribution in [-0.4, -0.2) is 56.0 Å². The van der Waals surface area contributed by atoms with Crippen molar-refractivity contribution in [2.75, 3.05) is 24.5 Å². The fraction of sp³-hybridized carbons (Fsp3) is 0.500. The molecule has 180 valence electrons. The van der Waals surface area contributed by atoms with Crippen LogP contribution in [0.3, 0.4) is 0 Å². The standard InChI is InChI=1S/C26H33ClN6O/c1-6-21(34)31-12-8-18(9-13-31)33-17(3)22(25(30-33)32-11-7-10-26(32,4)5)23-19-15-28-29-20(19)14-16(2)24(23)27/h6,14-15,18H,1,7-13H2,2-5H3,(H,28,29). The number of likely N-dealkylation sites (tertiary alicyclic amines) is 1. The van der Waals surface area contributed by atoms with Crippen molar-refractivity contribution < 1.29 is 4.79 Å². The zero-order valence-electron chi connectivity index (χ0n) is 20.5. The summed E-state index contributed by atoms with van der Waals surface area (Å²) in [5.74, 6) is 1.00. The van der Waals surface area contributed by atoms with Crippen molar-refractivity contribution in [3.05, 3.63) is 41.2 Å². The van der Waals surface area contributed by atoms with Gasteiger partial charge in [-0.15, -0.1) is 0 Å². The fourth-order valence-corrected chi connectivity index (χ4v) is 6.00. The predicted octanol–water partition coefficient (Wildman–Crippen LogP) is 5.42. The first-order valence-electron chi connectivity index (χ1n) is 12.1. The molecule has 2 aromatic heterocycles. The van der Waals surface area contributed by atoms with E-state index in [1.54, 1.807) is 0 Å². The van der Waals surface area contributed by atoms with Crippen molar-refractivity contribution in [2.24, 2.45) is 0 Å². The van der Waals surface area contributed by atoms with Gasteiger partial charge in [0.2, 0.25) is 5.91 Å². The van der Waals surface area contributed by atoms with Gasteiger partial charge in [-0.05, 0) is 71.1 Å². The lowest BCUT2D eigenvalue weighted by Crippen LogP contribution is -2.39. The summed E-state index contributed by atoms with van der Waals surface area (Å²) in [6, 6.07) is 2.29. The number of hydrogen-bond acceptors (Lipinski definition) is 4. The molecule has 0 aliphatic carbocycles. The maximum atomic E-state index is 12.1. The second kappa shape index (κ2) is 8.45. The number of piperidine rings is 1. The number of aromatic nitrogens is 4. The predicted molar refractivity (Wildman–Crippen MR) is 138 cm³/mol. The molecule has 4 heterocycles. The van der Waals surface area contributed by atoms with Crippen molar-refractivity contribution in [1.82, 2.24) is 24.9 Å². The summed E-state index contributed by atoms with van der Waals surface area (Å²) < 4.78 is 2.19. The molecule has 3 aromatic rings. The zero-order valence-corrected chi connectivity index (χ0v) is 21.2. The number of anilines is 1. The Hall–Kier alpha value is -2.80. The lowest BCUT2D eigenvalue weighted by molar-refractivity contribution is -0.127. The molecule has 2 aliphatic heterocycles. The number of rotatable bonds is 4. The SMILES string of the molecule is C=CC(=O)N1CCC(n2nc(N3CCCC3(C)C)c(-c3c(Cl)c(C)cc4[nH]ncc34)c2C)CC1. The molecule has 8 heteroatoms. The second-order valence-corrected chi connectivity index (χ2v) is 10.6. The number of hydrogen-bond donors (Lipinski definition) is 1. The van der Waals surface area contributed by atoms with E-state index in [-0.39, 0.29) is 17.5 Å². The average molecular weight is 481 g/mol. The van der Waals surface area contributed by atoms with Crippen LogP contribution in [0, 0.1) is 13.8 Å². The van der Waals surface area contributed by atoms with E-state index in [0.717, 1.165) is 76.4 Å². The molecule has 34 heavy (non-hydrogen) atoms. The Morgan fingerprint density at radius 1 is 1.24 bits per heavy atom. The number of aromatic amines is 1. The van der Waals surface area contributed by atoms with Gasteiger partial charge in [0.1, 0.15) is 0 Å². The summed E-state index contributed by atoms with van der Waals surface area (Å²) in [4.78, 5) is 16.4. The van der Waals surface area contributed by atoms with Gasteiger partial charge in [-0.1, -0.05) is 18.2 Å². The second-order valence-electron chi connectivity index (χ2n) is 10.3. The van der Waals surface area contributed by atoms with Gasteiger partial charge in [-0.25, -0.2) is 0 Å². The number of nitrogens with zero attached hydrogens (tertiary/aromatic N) is 5. The van der Waals surface area contributed by atoms with Gasteiger partial charge >= 0.3 is 0 Å². The van der Waals surface area contributed by atoms with Crippen LogP contribution in [0.15, 0.2) is 24.9 Å². The smallest absolute Gasteiger partial charge is 0.245 e. The molecule has 7 nitrogen and oxygen atoms in total. The number of carbonyl (C=O) groups excluding carboxylic acids is 1. The number of carbonyl (C=O) groups is 1. The lowest BCUT2D eigenvalue weighted by atomic mass is 9.96. The van der Waals surface area contributed by atoms with E-state index in [2.05, 4.69) is 53.2 Å². The number of amides is 1. The Balaban J connectivity index is 1.66. The van der Waals surface area contributed by atoms with Crippen LogP contribution in [0.5, 0.6) is 0 Å². The third-order valence-corrected chi connectivity index (χ3v) is 8.19. The third-order valence-electron chi connectivity index (χ3n) is 7.70. The van der Waals surface area contributed by atoms with E-state index in [1.807, 2.05) is 18.0 Å². The van der Waals surface area contributed by atoms with Crippen LogP contribution in [0.4, 0.5) is 5.82 Å². The van der Waals surface area contributed by atoms with Gasteiger partial charge in [0, 0.05) is 47.4 Å². The summed E-state index contributed by atoms with van der Waals surface area (Å²) in [6.45, 7) is 14.8. The van der Waals surface area contributed by atoms with Gasteiger partial charge in [0.15, 0.2) is 5.82 Å². The third kappa shape index (κ3) is 3.61. The van der Waals surface area contributed by atoms with E-state index >= 15 is 0 Å². The molecule has 0 bridgehead atoms. The normalized spacial score (nSPS) is 18.7. The Morgan fingerprint density at radius 2 is 1.97 bits per heavy atom. The maximum Gasteiger partial charge on any atom is 0.245 e. The minimum absolute atomic E-state index is 0.00437. The number of benzene rings is 1. The lowest BCUT2D eigenvalue weighted by Gasteiger charge is -2.33. The molecular formula is C26H33ClN6O. The van der Waals surface area contributed by atoms with E-state index < -0.39 is 0 Å². The Morgan fingerprint density at radius 3 is 2.62 bits per heavy atom. The summed E-state index contributed by atoms with van der Waals surface area (Å²) in [5.41, 5.74) is 5.23. The first-order chi connectivity index (χ1) is 16.2. The highest BCUT2D eigenvalue weighted by Crippen LogP contribution is 2.47. The molecule has 0 spiro atoms. The van der Waals surface area contributed by atoms with Crippen LogP contribution in [0.1, 0.15) is 56.8 Å². The molecule has 0 atom stereocenters. The molecule has 2 fully saturated rings. The van der Waals surface area contributed by atoms with Crippen molar-refractivity contribution in [1.29, 1.82) is 0 Å². The highest BCUT2D eigenvalue weighted by molar-refractivity contribution is 6.36. The molecule has 0 unspecified atom stereocenters. The Kier molecular flexibility index (Phi) is 5.71. The van der Waals surface area contributed by atoms with Gasteiger partial charge in [-0.2, -0.15) is 10.2 Å². The van der Waals surface area contributed by atoms with E-state index in [1.165, 1.54) is 6.08 Å². The largest absolute Gasteiger partial charge is 0.350 e. The first kappa shape index (κ1) is 23.0. The summed E-state index contributed by atoms with van der Waals surface area (Å²) in [6.07, 6.45) is 7.28. The fourth-order valence-electron chi connectivity index (χ4n) is 5.75. The molecule has 0 saturated carbocycles. The van der Waals surface area contributed by atoms with Gasteiger partial charge < -0.3 is 9.80 Å². The van der Waals surface area contributed by atoms with Crippen molar-refractivity contribution in [3.63, 3.8) is 0 Å². The van der Waals surface area contributed by atoms with E-state index in [9.17, 15) is 4.79 Å². The molecule has 2 saturated heterocycles. The Bertz CT molecular complexity index is 1260. The topological polar surface area (TPSA) is 70.1 Å². The molecule has 0 radical (unpaired) electrons. The van der Waals surface area contributed by atoms with Crippen LogP contribution in [0.25, 0.3) is 22.0 Å². The highest BCUT2D eigenvalue weighted by Gasteiger charge is 2.38. The van der Waals surface area contributed by atoms with Crippen molar-refractivity contribution in [3.8, 4) is 11.1 Å².